The minimum absolute atomic E-state index is 0.108. The molecule has 0 unspecified atom stereocenters. The summed E-state index contributed by atoms with van der Waals surface area (Å²) in [5.74, 6) is 2.01. The predicted molar refractivity (Wildman–Crippen MR) is 67.3 cm³/mol. The van der Waals surface area contributed by atoms with Crippen molar-refractivity contribution < 1.29 is 5.11 Å². The van der Waals surface area contributed by atoms with Gasteiger partial charge in [-0.2, -0.15) is 0 Å². The Morgan fingerprint density at radius 2 is 2.14 bits per heavy atom. The Labute approximate surface area is 95.0 Å². The van der Waals surface area contributed by atoms with Crippen molar-refractivity contribution in [3.05, 3.63) is 0 Å². The summed E-state index contributed by atoms with van der Waals surface area (Å²) >= 11 is 3.57. The van der Waals surface area contributed by atoms with Crippen LogP contribution in [-0.2, 0) is 0 Å². The lowest BCUT2D eigenvalue weighted by atomic mass is 9.90. The lowest BCUT2D eigenvalue weighted by molar-refractivity contribution is 0.0149. The van der Waals surface area contributed by atoms with E-state index in [1.165, 1.54) is 0 Å². The van der Waals surface area contributed by atoms with E-state index in [4.69, 9.17) is 0 Å². The van der Waals surface area contributed by atoms with Crippen LogP contribution in [0, 0.1) is 0 Å². The van der Waals surface area contributed by atoms with Gasteiger partial charge in [0.05, 0.1) is 11.6 Å². The second-order valence-corrected chi connectivity index (χ2v) is 5.99. The van der Waals surface area contributed by atoms with Gasteiger partial charge in [0.2, 0.25) is 0 Å². The summed E-state index contributed by atoms with van der Waals surface area (Å²) in [5, 5.41) is 10.3. The molecule has 1 atom stereocenters. The largest absolute Gasteiger partial charge is 0.388 e. The lowest BCUT2D eigenvalue weighted by Crippen LogP contribution is -2.40. The van der Waals surface area contributed by atoms with E-state index in [-0.39, 0.29) is 6.04 Å². The third kappa shape index (κ3) is 2.67. The van der Waals surface area contributed by atoms with Gasteiger partial charge in [0.25, 0.3) is 0 Å². The molecule has 82 valence electrons. The molecule has 0 saturated heterocycles. The highest BCUT2D eigenvalue weighted by molar-refractivity contribution is 8.39. The quantitative estimate of drug-likeness (QED) is 0.810. The molecule has 0 aromatic heterocycles. The van der Waals surface area contributed by atoms with Crippen LogP contribution in [0.5, 0.6) is 0 Å². The third-order valence-electron chi connectivity index (χ3n) is 2.74. The number of nitrogens with zero attached hydrogens (tertiary/aromatic N) is 1. The van der Waals surface area contributed by atoms with Crippen molar-refractivity contribution in [2.45, 2.75) is 45.3 Å². The first-order valence-corrected chi connectivity index (χ1v) is 7.19. The van der Waals surface area contributed by atoms with E-state index in [0.29, 0.717) is 0 Å². The van der Waals surface area contributed by atoms with E-state index in [0.717, 1.165) is 28.7 Å². The maximum Gasteiger partial charge on any atom is 0.125 e. The first-order valence-electron chi connectivity index (χ1n) is 5.22. The van der Waals surface area contributed by atoms with Crippen molar-refractivity contribution in [3.63, 3.8) is 0 Å². The van der Waals surface area contributed by atoms with Crippen LogP contribution < -0.4 is 0 Å². The van der Waals surface area contributed by atoms with Crippen molar-refractivity contribution in [3.8, 4) is 0 Å². The highest BCUT2D eigenvalue weighted by Gasteiger charge is 2.36. The molecule has 14 heavy (non-hydrogen) atoms. The molecule has 1 heterocycles. The molecule has 1 aliphatic rings. The van der Waals surface area contributed by atoms with Crippen molar-refractivity contribution in [2.75, 3.05) is 11.5 Å². The summed E-state index contributed by atoms with van der Waals surface area (Å²) in [4.78, 5) is 4.58. The smallest absolute Gasteiger partial charge is 0.125 e. The van der Waals surface area contributed by atoms with Crippen LogP contribution in [-0.4, -0.2) is 32.6 Å². The van der Waals surface area contributed by atoms with E-state index in [1.807, 2.05) is 13.8 Å². The van der Waals surface area contributed by atoms with Crippen molar-refractivity contribution in [1.82, 2.24) is 0 Å². The molecule has 1 rings (SSSR count). The van der Waals surface area contributed by atoms with Crippen LogP contribution in [0.2, 0.25) is 0 Å². The number of aliphatic imine (C=N–C) groups is 1. The highest BCUT2D eigenvalue weighted by Crippen LogP contribution is 2.34. The Kier molecular flexibility index (Phi) is 4.80. The van der Waals surface area contributed by atoms with Gasteiger partial charge in [0.15, 0.2) is 0 Å². The van der Waals surface area contributed by atoms with E-state index >= 15 is 0 Å². The Morgan fingerprint density at radius 1 is 1.50 bits per heavy atom. The maximum atomic E-state index is 10.3. The maximum absolute atomic E-state index is 10.3. The van der Waals surface area contributed by atoms with E-state index < -0.39 is 5.60 Å². The van der Waals surface area contributed by atoms with Gasteiger partial charge in [-0.25, -0.2) is 0 Å². The van der Waals surface area contributed by atoms with Crippen molar-refractivity contribution in [1.29, 1.82) is 0 Å². The predicted octanol–water partition coefficient (Wildman–Crippen LogP) is 2.76. The van der Waals surface area contributed by atoms with Crippen LogP contribution in [0.4, 0.5) is 0 Å². The van der Waals surface area contributed by atoms with Gasteiger partial charge in [-0.15, -0.1) is 11.8 Å². The average Bonchev–Trinajstić information content (AvgIpc) is 2.66. The molecule has 0 aliphatic carbocycles. The fourth-order valence-electron chi connectivity index (χ4n) is 1.55. The average molecular weight is 233 g/mol. The van der Waals surface area contributed by atoms with E-state index in [1.54, 1.807) is 23.5 Å². The molecular weight excluding hydrogens is 214 g/mol. The summed E-state index contributed by atoms with van der Waals surface area (Å²) in [6, 6.07) is 0.108. The highest BCUT2D eigenvalue weighted by atomic mass is 32.2. The zero-order chi connectivity index (χ0) is 10.6. The number of thioether (sulfide) groups is 2. The summed E-state index contributed by atoms with van der Waals surface area (Å²) in [7, 11) is 0. The van der Waals surface area contributed by atoms with Crippen LogP contribution in [0.15, 0.2) is 4.99 Å². The Morgan fingerprint density at radius 3 is 2.64 bits per heavy atom. The van der Waals surface area contributed by atoms with Gasteiger partial charge >= 0.3 is 0 Å². The molecule has 0 radical (unpaired) electrons. The molecule has 0 spiro atoms. The van der Waals surface area contributed by atoms with Crippen LogP contribution >= 0.6 is 23.5 Å². The molecular formula is C10H19NOS2. The Hall–Kier alpha value is 0.330. The normalized spacial score (nSPS) is 22.6. The van der Waals surface area contributed by atoms with Gasteiger partial charge in [-0.3, -0.25) is 4.99 Å². The number of hydrogen-bond donors (Lipinski definition) is 1. The van der Waals surface area contributed by atoms with Crippen molar-refractivity contribution >= 4 is 27.9 Å². The lowest BCUT2D eigenvalue weighted by Gasteiger charge is -2.29. The zero-order valence-corrected chi connectivity index (χ0v) is 10.7. The van der Waals surface area contributed by atoms with Crippen molar-refractivity contribution in [2.24, 2.45) is 4.99 Å². The molecule has 0 aromatic rings. The molecule has 0 aromatic carbocycles. The molecule has 0 saturated carbocycles. The van der Waals surface area contributed by atoms with Gasteiger partial charge in [0.1, 0.15) is 4.38 Å². The molecule has 0 amide bonds. The summed E-state index contributed by atoms with van der Waals surface area (Å²) in [6.45, 7) is 6.20. The van der Waals surface area contributed by atoms with Crippen LogP contribution in [0.1, 0.15) is 33.6 Å². The molecule has 0 fully saturated rings. The number of aliphatic hydroxyl groups is 1. The first kappa shape index (κ1) is 12.4. The van der Waals surface area contributed by atoms with Gasteiger partial charge < -0.3 is 5.11 Å². The summed E-state index contributed by atoms with van der Waals surface area (Å²) in [5.41, 5.74) is -0.580. The van der Waals surface area contributed by atoms with Gasteiger partial charge in [0, 0.05) is 5.75 Å². The molecule has 2 nitrogen and oxygen atoms in total. The van der Waals surface area contributed by atoms with E-state index in [9.17, 15) is 5.11 Å². The second-order valence-electron chi connectivity index (χ2n) is 3.47. The number of hydrogen-bond acceptors (Lipinski definition) is 4. The topological polar surface area (TPSA) is 32.6 Å². The summed E-state index contributed by atoms with van der Waals surface area (Å²) in [6.07, 6.45) is 1.59. The third-order valence-corrected chi connectivity index (χ3v) is 4.92. The molecule has 1 aliphatic heterocycles. The first-order chi connectivity index (χ1) is 6.66. The Balaban J connectivity index is 2.62. The molecule has 1 N–H and O–H groups in total. The fourth-order valence-corrected chi connectivity index (χ4v) is 3.78. The molecule has 0 bridgehead atoms. The molecule has 4 heteroatoms. The van der Waals surface area contributed by atoms with Crippen LogP contribution in [0.3, 0.4) is 0 Å². The standard InChI is InChI=1S/C10H19NOS2/c1-4-10(12,5-2)8-7-14-9(11-8)13-6-3/h8,12H,4-7H2,1-3H3/t8-/m0/s1. The minimum atomic E-state index is -0.580. The fraction of sp³-hybridized carbons (Fsp3) is 0.900. The Bertz CT molecular complexity index is 214. The van der Waals surface area contributed by atoms with Gasteiger partial charge in [-0.05, 0) is 18.6 Å². The summed E-state index contributed by atoms with van der Waals surface area (Å²) < 4.78 is 1.15. The SMILES string of the molecule is CCSC1=N[C@H](C(O)(CC)CC)CS1. The zero-order valence-electron chi connectivity index (χ0n) is 9.12. The van der Waals surface area contributed by atoms with Gasteiger partial charge in [-0.1, -0.05) is 32.5 Å². The monoisotopic (exact) mass is 233 g/mol. The number of rotatable bonds is 4. The van der Waals surface area contributed by atoms with Crippen LogP contribution in [0.25, 0.3) is 0 Å². The minimum Gasteiger partial charge on any atom is -0.388 e. The second kappa shape index (κ2) is 5.42. The van der Waals surface area contributed by atoms with E-state index in [2.05, 4.69) is 11.9 Å².